The van der Waals surface area contributed by atoms with Crippen molar-refractivity contribution < 1.29 is 27.4 Å². The first-order chi connectivity index (χ1) is 11.6. The Labute approximate surface area is 144 Å². The topological polar surface area (TPSA) is 94.2 Å². The Hall–Kier alpha value is -1.62. The second kappa shape index (κ2) is 7.51. The number of morpholine rings is 1. The smallest absolute Gasteiger partial charge is 0.289 e. The Morgan fingerprint density at radius 3 is 2.71 bits per heavy atom. The van der Waals surface area contributed by atoms with Crippen LogP contribution in [-0.4, -0.2) is 58.1 Å². The molecule has 2 aliphatic heterocycles. The largest absolute Gasteiger partial charge is 0.494 e. The molecule has 3 rings (SSSR count). The Kier molecular flexibility index (Phi) is 5.39. The average molecular weight is 374 g/mol. The third-order valence-electron chi connectivity index (χ3n) is 3.50. The van der Waals surface area contributed by atoms with E-state index in [9.17, 15) is 13.2 Å². The summed E-state index contributed by atoms with van der Waals surface area (Å²) in [4.78, 5) is 12.6. The number of rotatable bonds is 5. The molecule has 0 aromatic carbocycles. The summed E-state index contributed by atoms with van der Waals surface area (Å²) in [5.74, 6) is -0.264. The molecular formula is C14H18N2O6S2. The molecule has 132 valence electrons. The van der Waals surface area contributed by atoms with Gasteiger partial charge in [0, 0.05) is 18.0 Å². The highest BCUT2D eigenvalue weighted by Gasteiger charge is 2.27. The molecule has 0 saturated carbocycles. The minimum atomic E-state index is -3.50. The van der Waals surface area contributed by atoms with Crippen LogP contribution in [0.15, 0.2) is 28.4 Å². The van der Waals surface area contributed by atoms with Crippen molar-refractivity contribution in [3.63, 3.8) is 0 Å². The fourth-order valence-corrected chi connectivity index (χ4v) is 5.11. The number of hydrogen-bond acceptors (Lipinski definition) is 7. The molecule has 1 amide bonds. The van der Waals surface area contributed by atoms with Crippen molar-refractivity contribution in [2.45, 2.75) is 10.8 Å². The van der Waals surface area contributed by atoms with Crippen LogP contribution in [0.3, 0.4) is 0 Å². The van der Waals surface area contributed by atoms with Crippen molar-refractivity contribution >= 4 is 27.3 Å². The molecule has 0 unspecified atom stereocenters. The van der Waals surface area contributed by atoms with Gasteiger partial charge < -0.3 is 19.5 Å². The summed E-state index contributed by atoms with van der Waals surface area (Å²) in [5.41, 5.74) is 0. The summed E-state index contributed by atoms with van der Waals surface area (Å²) in [7, 11) is -3.50. The molecule has 0 aliphatic carbocycles. The molecule has 1 N–H and O–H groups in total. The van der Waals surface area contributed by atoms with Gasteiger partial charge in [0.2, 0.25) is 5.76 Å². The Balaban J connectivity index is 1.61. The number of carbonyl (C=O) groups is 1. The molecule has 24 heavy (non-hydrogen) atoms. The summed E-state index contributed by atoms with van der Waals surface area (Å²) in [6, 6.07) is 3.27. The van der Waals surface area contributed by atoms with Crippen molar-refractivity contribution in [3.8, 4) is 0 Å². The van der Waals surface area contributed by atoms with Crippen molar-refractivity contribution in [1.82, 2.24) is 9.62 Å². The van der Waals surface area contributed by atoms with Gasteiger partial charge in [-0.15, -0.1) is 11.3 Å². The molecule has 1 aromatic heterocycles. The van der Waals surface area contributed by atoms with E-state index >= 15 is 0 Å². The summed E-state index contributed by atoms with van der Waals surface area (Å²) < 4.78 is 42.1. The molecule has 0 spiro atoms. The number of thiophene rings is 1. The lowest BCUT2D eigenvalue weighted by Gasteiger charge is -2.25. The number of hydrogen-bond donors (Lipinski definition) is 1. The van der Waals surface area contributed by atoms with Crippen molar-refractivity contribution in [2.24, 2.45) is 0 Å². The molecule has 0 radical (unpaired) electrons. The summed E-state index contributed by atoms with van der Waals surface area (Å²) in [5, 5.41) is 2.68. The number of nitrogens with one attached hydrogen (secondary N) is 1. The van der Waals surface area contributed by atoms with Gasteiger partial charge in [-0.2, -0.15) is 4.31 Å². The van der Waals surface area contributed by atoms with Gasteiger partial charge in [-0.25, -0.2) is 8.42 Å². The molecule has 10 heteroatoms. The average Bonchev–Trinajstić information content (AvgIpc) is 3.11. The van der Waals surface area contributed by atoms with E-state index in [-0.39, 0.29) is 22.4 Å². The second-order valence-corrected chi connectivity index (χ2v) is 8.45. The zero-order chi connectivity index (χ0) is 17.0. The highest BCUT2D eigenvalue weighted by atomic mass is 32.2. The van der Waals surface area contributed by atoms with E-state index in [0.29, 0.717) is 39.5 Å². The molecule has 0 bridgehead atoms. The first kappa shape index (κ1) is 17.2. The Bertz CT molecular complexity index is 721. The van der Waals surface area contributed by atoms with Gasteiger partial charge in [0.25, 0.3) is 15.9 Å². The number of ether oxygens (including phenoxy) is 3. The molecule has 8 nitrogen and oxygen atoms in total. The summed E-state index contributed by atoms with van der Waals surface area (Å²) >= 11 is 1.15. The highest BCUT2D eigenvalue weighted by Crippen LogP contribution is 2.25. The Morgan fingerprint density at radius 2 is 2.00 bits per heavy atom. The van der Waals surface area contributed by atoms with Crippen LogP contribution in [0, 0.1) is 0 Å². The molecule has 0 atom stereocenters. The summed E-state index contributed by atoms with van der Waals surface area (Å²) in [6.45, 7) is 2.51. The lowest BCUT2D eigenvalue weighted by Crippen LogP contribution is -2.40. The maximum absolute atomic E-state index is 12.5. The van der Waals surface area contributed by atoms with Gasteiger partial charge in [0.1, 0.15) is 23.7 Å². The van der Waals surface area contributed by atoms with Gasteiger partial charge in [-0.1, -0.05) is 0 Å². The van der Waals surface area contributed by atoms with Crippen molar-refractivity contribution in [2.75, 3.05) is 39.5 Å². The predicted octanol–water partition coefficient (Wildman–Crippen LogP) is 0.273. The quantitative estimate of drug-likeness (QED) is 0.795. The molecule has 2 aliphatic rings. The van der Waals surface area contributed by atoms with E-state index in [1.807, 2.05) is 0 Å². The Morgan fingerprint density at radius 1 is 1.21 bits per heavy atom. The minimum absolute atomic E-state index is 0.124. The first-order valence-electron chi connectivity index (χ1n) is 7.47. The number of sulfonamides is 1. The van der Waals surface area contributed by atoms with E-state index in [2.05, 4.69) is 5.32 Å². The van der Waals surface area contributed by atoms with Gasteiger partial charge in [0.05, 0.1) is 19.8 Å². The van der Waals surface area contributed by atoms with Gasteiger partial charge >= 0.3 is 0 Å². The lowest BCUT2D eigenvalue weighted by atomic mass is 10.4. The molecule has 1 aromatic rings. The van der Waals surface area contributed by atoms with E-state index in [0.717, 1.165) is 16.2 Å². The second-order valence-electron chi connectivity index (χ2n) is 5.12. The molecule has 1 saturated heterocycles. The third-order valence-corrected chi connectivity index (χ3v) is 6.95. The van der Waals surface area contributed by atoms with Crippen molar-refractivity contribution in [3.05, 3.63) is 29.0 Å². The van der Waals surface area contributed by atoms with E-state index in [1.54, 1.807) is 12.1 Å². The van der Waals surface area contributed by atoms with Crippen LogP contribution < -0.4 is 5.32 Å². The fraction of sp³-hybridized carbons (Fsp3) is 0.500. The van der Waals surface area contributed by atoms with Crippen LogP contribution >= 0.6 is 11.3 Å². The predicted molar refractivity (Wildman–Crippen MR) is 85.7 cm³/mol. The normalized spacial score (nSPS) is 19.1. The van der Waals surface area contributed by atoms with Crippen LogP contribution in [0.1, 0.15) is 4.88 Å². The van der Waals surface area contributed by atoms with Crippen LogP contribution in [-0.2, 0) is 35.6 Å². The van der Waals surface area contributed by atoms with E-state index in [1.165, 1.54) is 10.6 Å². The SMILES string of the molecule is O=C(NCc1ccc(S(=O)(=O)N2CCOCC2)s1)C1=COCCO1. The molecule has 3 heterocycles. The van der Waals surface area contributed by atoms with Crippen LogP contribution in [0.2, 0.25) is 0 Å². The minimum Gasteiger partial charge on any atom is -0.494 e. The number of amides is 1. The maximum atomic E-state index is 12.5. The van der Waals surface area contributed by atoms with E-state index < -0.39 is 10.0 Å². The fourth-order valence-electron chi connectivity index (χ4n) is 2.25. The van der Waals surface area contributed by atoms with E-state index in [4.69, 9.17) is 14.2 Å². The third kappa shape index (κ3) is 3.89. The zero-order valence-electron chi connectivity index (χ0n) is 12.9. The molecular weight excluding hydrogens is 356 g/mol. The first-order valence-corrected chi connectivity index (χ1v) is 9.72. The summed E-state index contributed by atoms with van der Waals surface area (Å²) in [6.07, 6.45) is 1.28. The van der Waals surface area contributed by atoms with Gasteiger partial charge in [-0.3, -0.25) is 4.79 Å². The molecule has 1 fully saturated rings. The highest BCUT2D eigenvalue weighted by molar-refractivity contribution is 7.91. The monoisotopic (exact) mass is 374 g/mol. The van der Waals surface area contributed by atoms with Crippen molar-refractivity contribution in [1.29, 1.82) is 0 Å². The number of nitrogens with zero attached hydrogens (tertiary/aromatic N) is 1. The van der Waals surface area contributed by atoms with Gasteiger partial charge in [0.15, 0.2) is 0 Å². The zero-order valence-corrected chi connectivity index (χ0v) is 14.5. The maximum Gasteiger partial charge on any atom is 0.289 e. The lowest BCUT2D eigenvalue weighted by molar-refractivity contribution is -0.122. The van der Waals surface area contributed by atoms with Crippen LogP contribution in [0.4, 0.5) is 0 Å². The number of carbonyl (C=O) groups excluding carboxylic acids is 1. The van der Waals surface area contributed by atoms with Crippen LogP contribution in [0.25, 0.3) is 0 Å². The van der Waals surface area contributed by atoms with Gasteiger partial charge in [-0.05, 0) is 12.1 Å². The van der Waals surface area contributed by atoms with Crippen LogP contribution in [0.5, 0.6) is 0 Å². The standard InChI is InChI=1S/C14H18N2O6S2/c17-14(12-10-21-7-8-22-12)15-9-11-1-2-13(23-11)24(18,19)16-3-5-20-6-4-16/h1-2,10H,3-9H2,(H,15,17).